The first-order chi connectivity index (χ1) is 12.1. The van der Waals surface area contributed by atoms with Gasteiger partial charge in [-0.3, -0.25) is 4.79 Å². The fourth-order valence-electron chi connectivity index (χ4n) is 2.78. The Bertz CT molecular complexity index is 528. The third kappa shape index (κ3) is 8.65. The highest BCUT2D eigenvalue weighted by molar-refractivity contribution is 5.69. The van der Waals surface area contributed by atoms with E-state index in [4.69, 9.17) is 4.74 Å². The number of hydrogen-bond donors (Lipinski definition) is 0. The number of carbonyl (C=O) groups is 1. The number of hydrogen-bond acceptors (Lipinski definition) is 5. The summed E-state index contributed by atoms with van der Waals surface area (Å²) >= 11 is 0. The summed E-state index contributed by atoms with van der Waals surface area (Å²) in [6.07, 6.45) is 12.5. The molecule has 0 saturated heterocycles. The van der Waals surface area contributed by atoms with Gasteiger partial charge in [-0.15, -0.1) is 0 Å². The molecule has 0 atom stereocenters. The Morgan fingerprint density at radius 3 is 2.36 bits per heavy atom. The van der Waals surface area contributed by atoms with Crippen LogP contribution in [0.25, 0.3) is 0 Å². The van der Waals surface area contributed by atoms with E-state index in [1.807, 2.05) is 0 Å². The van der Waals surface area contributed by atoms with Crippen molar-refractivity contribution in [3.05, 3.63) is 22.1 Å². The van der Waals surface area contributed by atoms with Crippen molar-refractivity contribution < 1.29 is 14.5 Å². The zero-order chi connectivity index (χ0) is 18.5. The van der Waals surface area contributed by atoms with Crippen molar-refractivity contribution in [2.24, 2.45) is 0 Å². The molecule has 0 saturated carbocycles. The monoisotopic (exact) mass is 353 g/mol. The number of aryl methyl sites for hydroxylation is 1. The lowest BCUT2D eigenvalue weighted by atomic mass is 10.1. The van der Waals surface area contributed by atoms with Gasteiger partial charge in [0.15, 0.2) is 5.82 Å². The number of nitrogens with zero attached hydrogens (tertiary/aromatic N) is 3. The first kappa shape index (κ1) is 21.1. The van der Waals surface area contributed by atoms with E-state index >= 15 is 0 Å². The van der Waals surface area contributed by atoms with E-state index < -0.39 is 4.92 Å². The van der Waals surface area contributed by atoms with Crippen LogP contribution in [0, 0.1) is 17.0 Å². The van der Waals surface area contributed by atoms with Crippen LogP contribution in [0.2, 0.25) is 0 Å². The van der Waals surface area contributed by atoms with Gasteiger partial charge in [0, 0.05) is 13.3 Å². The Balaban J connectivity index is 2.06. The smallest absolute Gasteiger partial charge is 0.342 e. The van der Waals surface area contributed by atoms with E-state index in [-0.39, 0.29) is 24.9 Å². The van der Waals surface area contributed by atoms with Crippen molar-refractivity contribution in [3.8, 4) is 0 Å². The highest BCUT2D eigenvalue weighted by atomic mass is 16.6. The summed E-state index contributed by atoms with van der Waals surface area (Å²) < 4.78 is 6.62. The summed E-state index contributed by atoms with van der Waals surface area (Å²) in [6, 6.07) is 0. The van der Waals surface area contributed by atoms with E-state index in [0.717, 1.165) is 12.8 Å². The third-order valence-electron chi connectivity index (χ3n) is 4.28. The summed E-state index contributed by atoms with van der Waals surface area (Å²) in [7, 11) is 0. The van der Waals surface area contributed by atoms with Crippen molar-refractivity contribution in [1.29, 1.82) is 0 Å². The van der Waals surface area contributed by atoms with Gasteiger partial charge in [-0.25, -0.2) is 9.55 Å². The molecule has 25 heavy (non-hydrogen) atoms. The number of rotatable bonds is 14. The maximum atomic E-state index is 11.7. The van der Waals surface area contributed by atoms with E-state index in [2.05, 4.69) is 11.9 Å². The van der Waals surface area contributed by atoms with Crippen molar-refractivity contribution in [1.82, 2.24) is 9.55 Å². The second-order valence-corrected chi connectivity index (χ2v) is 6.37. The van der Waals surface area contributed by atoms with Crippen LogP contribution in [-0.4, -0.2) is 27.1 Å². The maximum Gasteiger partial charge on any atom is 0.342 e. The number of unbranched alkanes of at least 4 members (excludes halogenated alkanes) is 8. The van der Waals surface area contributed by atoms with Crippen molar-refractivity contribution in [2.45, 2.75) is 84.6 Å². The molecule has 0 unspecified atom stereocenters. The van der Waals surface area contributed by atoms with E-state index in [1.54, 1.807) is 6.92 Å². The molecule has 0 aliphatic carbocycles. The molecular weight excluding hydrogens is 322 g/mol. The van der Waals surface area contributed by atoms with Gasteiger partial charge in [0.1, 0.15) is 19.3 Å². The molecule has 0 aliphatic rings. The van der Waals surface area contributed by atoms with Crippen molar-refractivity contribution in [2.75, 3.05) is 6.61 Å². The number of ether oxygens (including phenoxy) is 1. The van der Waals surface area contributed by atoms with Crippen LogP contribution in [0.4, 0.5) is 5.82 Å². The molecule has 0 N–H and O–H groups in total. The van der Waals surface area contributed by atoms with Crippen LogP contribution in [0.1, 0.15) is 77.0 Å². The van der Waals surface area contributed by atoms with Gasteiger partial charge in [0.05, 0.1) is 0 Å². The molecule has 1 aromatic heterocycles. The van der Waals surface area contributed by atoms with Crippen LogP contribution in [0.3, 0.4) is 0 Å². The Labute approximate surface area is 149 Å². The largest absolute Gasteiger partial charge is 0.461 e. The van der Waals surface area contributed by atoms with E-state index in [0.29, 0.717) is 12.2 Å². The van der Waals surface area contributed by atoms with Crippen LogP contribution < -0.4 is 0 Å². The highest BCUT2D eigenvalue weighted by Gasteiger charge is 2.17. The molecule has 0 spiro atoms. The first-order valence-electron chi connectivity index (χ1n) is 9.38. The molecular formula is C18H31N3O4. The summed E-state index contributed by atoms with van der Waals surface area (Å²) in [5.74, 6) is 0.234. The van der Waals surface area contributed by atoms with Gasteiger partial charge < -0.3 is 14.9 Å². The molecule has 0 bridgehead atoms. The van der Waals surface area contributed by atoms with Crippen LogP contribution in [0.15, 0.2) is 6.20 Å². The normalized spacial score (nSPS) is 10.8. The van der Waals surface area contributed by atoms with Gasteiger partial charge in [0.2, 0.25) is 0 Å². The predicted octanol–water partition coefficient (Wildman–Crippen LogP) is 4.56. The van der Waals surface area contributed by atoms with Crippen LogP contribution in [-0.2, 0) is 16.1 Å². The number of aromatic nitrogens is 2. The number of imidazole rings is 1. The van der Waals surface area contributed by atoms with Crippen LogP contribution in [0.5, 0.6) is 0 Å². The molecule has 1 aromatic rings. The second kappa shape index (κ2) is 12.4. The Kier molecular flexibility index (Phi) is 10.5. The summed E-state index contributed by atoms with van der Waals surface area (Å²) in [4.78, 5) is 26.0. The van der Waals surface area contributed by atoms with Gasteiger partial charge in [-0.1, -0.05) is 58.3 Å². The SMILES string of the molecule is CCCCCCCCCCCC(=O)OCCn1c([N+](=O)[O-])cnc1C. The van der Waals surface area contributed by atoms with Gasteiger partial charge in [-0.05, 0) is 11.3 Å². The van der Waals surface area contributed by atoms with Gasteiger partial charge in [0.25, 0.3) is 0 Å². The lowest BCUT2D eigenvalue weighted by molar-refractivity contribution is -0.392. The van der Waals surface area contributed by atoms with Gasteiger partial charge >= 0.3 is 11.8 Å². The molecule has 0 radical (unpaired) electrons. The average molecular weight is 353 g/mol. The third-order valence-corrected chi connectivity index (χ3v) is 4.28. The Morgan fingerprint density at radius 2 is 1.76 bits per heavy atom. The summed E-state index contributed by atoms with van der Waals surface area (Å²) in [6.45, 7) is 4.30. The van der Waals surface area contributed by atoms with E-state index in [9.17, 15) is 14.9 Å². The molecule has 0 aromatic carbocycles. The average Bonchev–Trinajstić information content (AvgIpc) is 2.94. The van der Waals surface area contributed by atoms with E-state index in [1.165, 1.54) is 55.7 Å². The molecule has 7 heteroatoms. The topological polar surface area (TPSA) is 87.3 Å². The highest BCUT2D eigenvalue weighted by Crippen LogP contribution is 2.13. The molecule has 1 rings (SSSR count). The molecule has 1 heterocycles. The predicted molar refractivity (Wildman–Crippen MR) is 96.4 cm³/mol. The second-order valence-electron chi connectivity index (χ2n) is 6.37. The number of carbonyl (C=O) groups excluding carboxylic acids is 1. The molecule has 142 valence electrons. The standard InChI is InChI=1S/C18H31N3O4/c1-3-4-5-6-7-8-9-10-11-12-18(22)25-14-13-20-16(2)19-15-17(20)21(23)24/h15H,3-14H2,1-2H3. The molecule has 7 nitrogen and oxygen atoms in total. The maximum absolute atomic E-state index is 11.7. The summed E-state index contributed by atoms with van der Waals surface area (Å²) in [5.41, 5.74) is 0. The quantitative estimate of drug-likeness (QED) is 0.212. The van der Waals surface area contributed by atoms with Crippen molar-refractivity contribution >= 4 is 11.8 Å². The summed E-state index contributed by atoms with van der Waals surface area (Å²) in [5, 5.41) is 10.9. The molecule has 0 aliphatic heterocycles. The fraction of sp³-hybridized carbons (Fsp3) is 0.778. The number of esters is 1. The minimum Gasteiger partial charge on any atom is -0.461 e. The van der Waals surface area contributed by atoms with Crippen LogP contribution >= 0.6 is 0 Å². The fourth-order valence-corrected chi connectivity index (χ4v) is 2.78. The first-order valence-corrected chi connectivity index (χ1v) is 9.38. The lowest BCUT2D eigenvalue weighted by Gasteiger charge is -2.06. The molecule has 0 amide bonds. The minimum absolute atomic E-state index is 0.0764. The van der Waals surface area contributed by atoms with Gasteiger partial charge in [-0.2, -0.15) is 0 Å². The Hall–Kier alpha value is -1.92. The Morgan fingerprint density at radius 1 is 1.16 bits per heavy atom. The minimum atomic E-state index is -0.482. The lowest BCUT2D eigenvalue weighted by Crippen LogP contribution is -2.13. The zero-order valence-corrected chi connectivity index (χ0v) is 15.5. The molecule has 0 fully saturated rings. The number of nitro groups is 1. The van der Waals surface area contributed by atoms with Crippen molar-refractivity contribution in [3.63, 3.8) is 0 Å². The zero-order valence-electron chi connectivity index (χ0n) is 15.5.